The summed E-state index contributed by atoms with van der Waals surface area (Å²) in [7, 11) is 0. The first-order valence-corrected chi connectivity index (χ1v) is 5.28. The van der Waals surface area contributed by atoms with Gasteiger partial charge in [0.1, 0.15) is 6.04 Å². The Morgan fingerprint density at radius 1 is 1.50 bits per heavy atom. The first-order chi connectivity index (χ1) is 7.56. The smallest absolute Gasteiger partial charge is 0.327 e. The molecule has 16 heavy (non-hydrogen) atoms. The number of aliphatic carboxylic acids is 1. The first kappa shape index (κ1) is 14.3. The lowest BCUT2D eigenvalue weighted by Crippen LogP contribution is -2.48. The second-order valence-electron chi connectivity index (χ2n) is 3.33. The van der Waals surface area contributed by atoms with Crippen molar-refractivity contribution < 1.29 is 14.7 Å². The molecule has 2 N–H and O–H groups in total. The van der Waals surface area contributed by atoms with Crippen LogP contribution in [0.25, 0.3) is 0 Å². The Bertz CT molecular complexity index is 283. The van der Waals surface area contributed by atoms with Crippen LogP contribution in [0.3, 0.4) is 0 Å². The van der Waals surface area contributed by atoms with Crippen molar-refractivity contribution in [2.24, 2.45) is 0 Å². The van der Waals surface area contributed by atoms with Crippen molar-refractivity contribution in [3.05, 3.63) is 0 Å². The Hall–Kier alpha value is -1.70. The maximum atomic E-state index is 11.6. The van der Waals surface area contributed by atoms with Crippen LogP contribution in [0.15, 0.2) is 0 Å². The van der Waals surface area contributed by atoms with Crippen molar-refractivity contribution in [3.63, 3.8) is 0 Å². The molecule has 90 valence electrons. The highest BCUT2D eigenvalue weighted by atomic mass is 16.4. The topological polar surface area (TPSA) is 69.6 Å². The van der Waals surface area contributed by atoms with Crippen molar-refractivity contribution in [2.75, 3.05) is 13.1 Å². The first-order valence-electron chi connectivity index (χ1n) is 5.28. The summed E-state index contributed by atoms with van der Waals surface area (Å²) < 4.78 is 0. The minimum absolute atomic E-state index is 0.00917. The SMILES string of the molecule is C#CCC(NC(=O)N(CC)CCC)C(=O)O. The molecule has 0 saturated heterocycles. The number of nitrogens with one attached hydrogen (secondary N) is 1. The Morgan fingerprint density at radius 3 is 2.50 bits per heavy atom. The number of carboxylic acids is 1. The molecular formula is C11H18N2O3. The minimum Gasteiger partial charge on any atom is -0.480 e. The molecule has 0 rings (SSSR count). The Balaban J connectivity index is 4.38. The van der Waals surface area contributed by atoms with Crippen molar-refractivity contribution in [1.29, 1.82) is 0 Å². The summed E-state index contributed by atoms with van der Waals surface area (Å²) in [6, 6.07) is -1.39. The van der Waals surface area contributed by atoms with Crippen LogP contribution >= 0.6 is 0 Å². The standard InChI is InChI=1S/C11H18N2O3/c1-4-7-9(10(14)15)12-11(16)13(6-3)8-5-2/h1,9H,5-8H2,2-3H3,(H,12,16)(H,14,15). The van der Waals surface area contributed by atoms with E-state index in [2.05, 4.69) is 11.2 Å². The molecular weight excluding hydrogens is 208 g/mol. The summed E-state index contributed by atoms with van der Waals surface area (Å²) in [5.41, 5.74) is 0. The molecule has 0 aliphatic carbocycles. The molecule has 0 spiro atoms. The fraction of sp³-hybridized carbons (Fsp3) is 0.636. The fourth-order valence-electron chi connectivity index (χ4n) is 1.23. The highest BCUT2D eigenvalue weighted by Gasteiger charge is 2.21. The van der Waals surface area contributed by atoms with Gasteiger partial charge in [-0.3, -0.25) is 0 Å². The number of hydrogen-bond donors (Lipinski definition) is 2. The van der Waals surface area contributed by atoms with Gasteiger partial charge in [0.15, 0.2) is 0 Å². The van der Waals surface area contributed by atoms with Crippen LogP contribution in [0, 0.1) is 12.3 Å². The largest absolute Gasteiger partial charge is 0.480 e. The molecule has 0 aliphatic heterocycles. The van der Waals surface area contributed by atoms with Gasteiger partial charge in [-0.05, 0) is 13.3 Å². The summed E-state index contributed by atoms with van der Waals surface area (Å²) in [5.74, 6) is 1.12. The molecule has 0 aromatic carbocycles. The third kappa shape index (κ3) is 4.69. The van der Waals surface area contributed by atoms with E-state index in [4.69, 9.17) is 11.5 Å². The molecule has 5 heteroatoms. The number of carboxylic acid groups (broad SMARTS) is 1. The number of hydrogen-bond acceptors (Lipinski definition) is 2. The molecule has 0 radical (unpaired) electrons. The second-order valence-corrected chi connectivity index (χ2v) is 3.33. The number of urea groups is 1. The van der Waals surface area contributed by atoms with Gasteiger partial charge in [0.2, 0.25) is 0 Å². The van der Waals surface area contributed by atoms with Gasteiger partial charge in [-0.1, -0.05) is 6.92 Å². The number of carbonyl (C=O) groups excluding carboxylic acids is 1. The maximum Gasteiger partial charge on any atom is 0.327 e. The van der Waals surface area contributed by atoms with Crippen LogP contribution in [0.4, 0.5) is 4.79 Å². The van der Waals surface area contributed by atoms with E-state index < -0.39 is 12.0 Å². The van der Waals surface area contributed by atoms with E-state index in [1.54, 1.807) is 4.90 Å². The lowest BCUT2D eigenvalue weighted by molar-refractivity contribution is -0.139. The lowest BCUT2D eigenvalue weighted by Gasteiger charge is -2.22. The van der Waals surface area contributed by atoms with Gasteiger partial charge in [0.05, 0.1) is 0 Å². The number of amides is 2. The molecule has 0 fully saturated rings. The van der Waals surface area contributed by atoms with Crippen molar-refractivity contribution >= 4 is 12.0 Å². The quantitative estimate of drug-likeness (QED) is 0.661. The zero-order valence-electron chi connectivity index (χ0n) is 9.69. The van der Waals surface area contributed by atoms with E-state index in [1.165, 1.54) is 0 Å². The highest BCUT2D eigenvalue weighted by Crippen LogP contribution is 1.96. The van der Waals surface area contributed by atoms with Crippen LogP contribution in [-0.2, 0) is 4.79 Å². The molecule has 0 bridgehead atoms. The van der Waals surface area contributed by atoms with Crippen molar-refractivity contribution in [1.82, 2.24) is 10.2 Å². The molecule has 0 aromatic heterocycles. The van der Waals surface area contributed by atoms with E-state index >= 15 is 0 Å². The maximum absolute atomic E-state index is 11.6. The normalized spacial score (nSPS) is 11.3. The van der Waals surface area contributed by atoms with E-state index in [9.17, 15) is 9.59 Å². The van der Waals surface area contributed by atoms with Gasteiger partial charge >= 0.3 is 12.0 Å². The van der Waals surface area contributed by atoms with Crippen LogP contribution in [0.2, 0.25) is 0 Å². The third-order valence-electron chi connectivity index (χ3n) is 2.08. The zero-order chi connectivity index (χ0) is 12.6. The second kappa shape index (κ2) is 7.57. The van der Waals surface area contributed by atoms with Gasteiger partial charge in [-0.2, -0.15) is 0 Å². The number of nitrogens with zero attached hydrogens (tertiary/aromatic N) is 1. The average Bonchev–Trinajstić information content (AvgIpc) is 2.24. The molecule has 0 heterocycles. The average molecular weight is 226 g/mol. The van der Waals surface area contributed by atoms with E-state index in [0.29, 0.717) is 13.1 Å². The highest BCUT2D eigenvalue weighted by molar-refractivity contribution is 5.82. The van der Waals surface area contributed by atoms with Crippen LogP contribution in [0.5, 0.6) is 0 Å². The van der Waals surface area contributed by atoms with E-state index in [1.807, 2.05) is 13.8 Å². The van der Waals surface area contributed by atoms with Crippen LogP contribution in [0.1, 0.15) is 26.7 Å². The number of terminal acetylenes is 1. The Labute approximate surface area is 95.8 Å². The van der Waals surface area contributed by atoms with E-state index in [0.717, 1.165) is 6.42 Å². The summed E-state index contributed by atoms with van der Waals surface area (Å²) in [6.07, 6.45) is 5.85. The zero-order valence-corrected chi connectivity index (χ0v) is 9.69. The van der Waals surface area contributed by atoms with Crippen LogP contribution in [-0.4, -0.2) is 41.1 Å². The fourth-order valence-corrected chi connectivity index (χ4v) is 1.23. The predicted molar refractivity (Wildman–Crippen MR) is 60.9 cm³/mol. The van der Waals surface area contributed by atoms with Gasteiger partial charge in [-0.15, -0.1) is 12.3 Å². The number of carbonyl (C=O) groups is 2. The van der Waals surface area contributed by atoms with Crippen LogP contribution < -0.4 is 5.32 Å². The van der Waals surface area contributed by atoms with Gasteiger partial charge in [-0.25, -0.2) is 9.59 Å². The molecule has 5 nitrogen and oxygen atoms in total. The molecule has 1 unspecified atom stereocenters. The summed E-state index contributed by atoms with van der Waals surface area (Å²) in [4.78, 5) is 23.9. The predicted octanol–water partition coefficient (Wildman–Crippen LogP) is 0.904. The van der Waals surface area contributed by atoms with Gasteiger partial charge < -0.3 is 15.3 Å². The Morgan fingerprint density at radius 2 is 2.12 bits per heavy atom. The molecule has 2 amide bonds. The minimum atomic E-state index is -1.11. The molecule has 0 aromatic rings. The summed E-state index contributed by atoms with van der Waals surface area (Å²) >= 11 is 0. The molecule has 1 atom stereocenters. The van der Waals surface area contributed by atoms with Gasteiger partial charge in [0.25, 0.3) is 0 Å². The monoisotopic (exact) mass is 226 g/mol. The van der Waals surface area contributed by atoms with Crippen molar-refractivity contribution in [2.45, 2.75) is 32.7 Å². The molecule has 0 saturated carbocycles. The van der Waals surface area contributed by atoms with E-state index in [-0.39, 0.29) is 12.5 Å². The Kier molecular flexibility index (Phi) is 6.77. The molecule has 0 aliphatic rings. The summed E-state index contributed by atoms with van der Waals surface area (Å²) in [5, 5.41) is 11.2. The third-order valence-corrected chi connectivity index (χ3v) is 2.08. The van der Waals surface area contributed by atoms with Crippen molar-refractivity contribution in [3.8, 4) is 12.3 Å². The summed E-state index contributed by atoms with van der Waals surface area (Å²) in [6.45, 7) is 4.94. The lowest BCUT2D eigenvalue weighted by atomic mass is 10.2. The number of rotatable bonds is 6. The van der Waals surface area contributed by atoms with Gasteiger partial charge in [0, 0.05) is 19.5 Å².